The SMILES string of the molecule is Cn1nc2c(c1NC(=O)c1cc(Cl)ccc1Cl)CNCC2. The Morgan fingerprint density at radius 3 is 3.05 bits per heavy atom. The lowest BCUT2D eigenvalue weighted by molar-refractivity contribution is 0.102. The van der Waals surface area contributed by atoms with Crippen LogP contribution in [0.5, 0.6) is 0 Å². The number of benzene rings is 1. The highest BCUT2D eigenvalue weighted by atomic mass is 35.5. The summed E-state index contributed by atoms with van der Waals surface area (Å²) in [4.78, 5) is 12.4. The number of fused-ring (bicyclic) bond motifs is 1. The number of hydrogen-bond acceptors (Lipinski definition) is 3. The summed E-state index contributed by atoms with van der Waals surface area (Å²) in [6, 6.07) is 4.82. The molecule has 0 radical (unpaired) electrons. The highest BCUT2D eigenvalue weighted by molar-refractivity contribution is 6.36. The molecule has 1 aliphatic heterocycles. The number of rotatable bonds is 2. The van der Waals surface area contributed by atoms with Crippen LogP contribution in [0, 0.1) is 0 Å². The van der Waals surface area contributed by atoms with Crippen LogP contribution in [0.4, 0.5) is 5.82 Å². The summed E-state index contributed by atoms with van der Waals surface area (Å²) in [6.07, 6.45) is 0.858. The molecule has 5 nitrogen and oxygen atoms in total. The second-order valence-electron chi connectivity index (χ2n) is 4.90. The van der Waals surface area contributed by atoms with Crippen molar-refractivity contribution in [3.8, 4) is 0 Å². The van der Waals surface area contributed by atoms with E-state index in [-0.39, 0.29) is 5.91 Å². The fourth-order valence-corrected chi connectivity index (χ4v) is 2.81. The van der Waals surface area contributed by atoms with Gasteiger partial charge < -0.3 is 10.6 Å². The fourth-order valence-electron chi connectivity index (χ4n) is 2.43. The summed E-state index contributed by atoms with van der Waals surface area (Å²) in [5, 5.41) is 11.4. The van der Waals surface area contributed by atoms with Crippen LogP contribution >= 0.6 is 23.2 Å². The number of hydrogen-bond donors (Lipinski definition) is 2. The van der Waals surface area contributed by atoms with E-state index in [9.17, 15) is 4.79 Å². The van der Waals surface area contributed by atoms with E-state index in [4.69, 9.17) is 23.2 Å². The van der Waals surface area contributed by atoms with Gasteiger partial charge in [-0.15, -0.1) is 0 Å². The lowest BCUT2D eigenvalue weighted by Crippen LogP contribution is -2.24. The molecule has 0 atom stereocenters. The van der Waals surface area contributed by atoms with Gasteiger partial charge in [0.1, 0.15) is 5.82 Å². The van der Waals surface area contributed by atoms with Gasteiger partial charge in [-0.05, 0) is 18.2 Å². The van der Waals surface area contributed by atoms with Gasteiger partial charge in [-0.1, -0.05) is 23.2 Å². The minimum atomic E-state index is -0.293. The maximum Gasteiger partial charge on any atom is 0.258 e. The third-order valence-electron chi connectivity index (χ3n) is 3.47. The zero-order valence-electron chi connectivity index (χ0n) is 11.4. The van der Waals surface area contributed by atoms with Crippen molar-refractivity contribution in [2.24, 2.45) is 7.05 Å². The van der Waals surface area contributed by atoms with E-state index in [0.717, 1.165) is 24.2 Å². The maximum atomic E-state index is 12.4. The molecular formula is C14H14Cl2N4O. The standard InChI is InChI=1S/C14H14Cl2N4O/c1-20-13(10-7-17-5-4-12(10)19-20)18-14(21)9-6-8(15)2-3-11(9)16/h2-3,6,17H,4-5,7H2,1H3,(H,18,21). The molecule has 2 N–H and O–H groups in total. The number of carbonyl (C=O) groups is 1. The largest absolute Gasteiger partial charge is 0.312 e. The first-order valence-corrected chi connectivity index (χ1v) is 7.33. The number of amides is 1. The van der Waals surface area contributed by atoms with Crippen LogP contribution in [-0.2, 0) is 20.0 Å². The van der Waals surface area contributed by atoms with Crippen molar-refractivity contribution >= 4 is 34.9 Å². The van der Waals surface area contributed by atoms with Gasteiger partial charge in [0.15, 0.2) is 0 Å². The topological polar surface area (TPSA) is 59.0 Å². The molecule has 7 heteroatoms. The average Bonchev–Trinajstić information content (AvgIpc) is 2.78. The van der Waals surface area contributed by atoms with Gasteiger partial charge in [0.2, 0.25) is 0 Å². The molecule has 2 aromatic rings. The molecule has 0 aliphatic carbocycles. The summed E-state index contributed by atoms with van der Waals surface area (Å²) in [5.41, 5.74) is 2.39. The molecule has 21 heavy (non-hydrogen) atoms. The van der Waals surface area contributed by atoms with Gasteiger partial charge in [-0.3, -0.25) is 9.48 Å². The average molecular weight is 325 g/mol. The Morgan fingerprint density at radius 2 is 2.24 bits per heavy atom. The van der Waals surface area contributed by atoms with E-state index < -0.39 is 0 Å². The minimum absolute atomic E-state index is 0.293. The van der Waals surface area contributed by atoms with Crippen molar-refractivity contribution in [2.75, 3.05) is 11.9 Å². The highest BCUT2D eigenvalue weighted by Gasteiger charge is 2.21. The van der Waals surface area contributed by atoms with E-state index >= 15 is 0 Å². The number of nitrogens with zero attached hydrogens (tertiary/aromatic N) is 2. The molecule has 0 spiro atoms. The number of carbonyl (C=O) groups excluding carboxylic acids is 1. The first-order chi connectivity index (χ1) is 10.1. The molecule has 0 bridgehead atoms. The van der Waals surface area contributed by atoms with Crippen molar-refractivity contribution in [2.45, 2.75) is 13.0 Å². The van der Waals surface area contributed by atoms with E-state index in [0.29, 0.717) is 28.0 Å². The molecule has 1 aromatic heterocycles. The van der Waals surface area contributed by atoms with Crippen LogP contribution in [-0.4, -0.2) is 22.2 Å². The Labute approximate surface area is 132 Å². The van der Waals surface area contributed by atoms with Gasteiger partial charge >= 0.3 is 0 Å². The summed E-state index contributed by atoms with van der Waals surface area (Å²) >= 11 is 12.0. The molecule has 2 heterocycles. The van der Waals surface area contributed by atoms with Gasteiger partial charge in [0.05, 0.1) is 16.3 Å². The molecule has 3 rings (SSSR count). The third-order valence-corrected chi connectivity index (χ3v) is 4.04. The first-order valence-electron chi connectivity index (χ1n) is 6.58. The number of anilines is 1. The van der Waals surface area contributed by atoms with Gasteiger partial charge in [-0.2, -0.15) is 5.10 Å². The summed E-state index contributed by atoms with van der Waals surface area (Å²) in [7, 11) is 1.81. The van der Waals surface area contributed by atoms with Crippen molar-refractivity contribution < 1.29 is 4.79 Å². The van der Waals surface area contributed by atoms with Gasteiger partial charge in [0.25, 0.3) is 5.91 Å². The Kier molecular flexibility index (Phi) is 3.89. The van der Waals surface area contributed by atoms with Crippen LogP contribution in [0.2, 0.25) is 10.0 Å². The molecule has 1 aromatic carbocycles. The minimum Gasteiger partial charge on any atom is -0.312 e. The number of halogens is 2. The molecule has 110 valence electrons. The predicted octanol–water partition coefficient (Wildman–Crippen LogP) is 2.62. The van der Waals surface area contributed by atoms with Crippen molar-refractivity contribution in [3.05, 3.63) is 45.1 Å². The third kappa shape index (κ3) is 2.77. The normalized spacial score (nSPS) is 13.9. The maximum absolute atomic E-state index is 12.4. The molecule has 1 aliphatic rings. The molecule has 0 unspecified atom stereocenters. The Hall–Kier alpha value is -1.56. The second kappa shape index (κ2) is 5.67. The zero-order chi connectivity index (χ0) is 15.0. The Morgan fingerprint density at radius 1 is 1.43 bits per heavy atom. The van der Waals surface area contributed by atoms with Crippen LogP contribution in [0.25, 0.3) is 0 Å². The number of aromatic nitrogens is 2. The Balaban J connectivity index is 1.92. The zero-order valence-corrected chi connectivity index (χ0v) is 12.9. The molecule has 0 saturated heterocycles. The van der Waals surface area contributed by atoms with E-state index in [1.54, 1.807) is 22.9 Å². The van der Waals surface area contributed by atoms with Crippen LogP contribution in [0.15, 0.2) is 18.2 Å². The van der Waals surface area contributed by atoms with Crippen LogP contribution in [0.3, 0.4) is 0 Å². The smallest absolute Gasteiger partial charge is 0.258 e. The number of aryl methyl sites for hydroxylation is 1. The summed E-state index contributed by atoms with van der Waals surface area (Å²) in [5.74, 6) is 0.400. The van der Waals surface area contributed by atoms with Gasteiger partial charge in [0, 0.05) is 37.1 Å². The molecule has 0 saturated carbocycles. The van der Waals surface area contributed by atoms with Crippen molar-refractivity contribution in [1.82, 2.24) is 15.1 Å². The van der Waals surface area contributed by atoms with E-state index in [2.05, 4.69) is 15.7 Å². The van der Waals surface area contributed by atoms with Crippen LogP contribution in [0.1, 0.15) is 21.6 Å². The summed E-state index contributed by atoms with van der Waals surface area (Å²) < 4.78 is 1.69. The van der Waals surface area contributed by atoms with Crippen molar-refractivity contribution in [1.29, 1.82) is 0 Å². The fraction of sp³-hybridized carbons (Fsp3) is 0.286. The highest BCUT2D eigenvalue weighted by Crippen LogP contribution is 2.25. The number of nitrogens with one attached hydrogen (secondary N) is 2. The molecular weight excluding hydrogens is 311 g/mol. The monoisotopic (exact) mass is 324 g/mol. The lowest BCUT2D eigenvalue weighted by Gasteiger charge is -2.14. The summed E-state index contributed by atoms with van der Waals surface area (Å²) in [6.45, 7) is 1.60. The van der Waals surface area contributed by atoms with E-state index in [1.807, 2.05) is 7.05 Å². The molecule has 1 amide bonds. The predicted molar refractivity (Wildman–Crippen MR) is 83.0 cm³/mol. The second-order valence-corrected chi connectivity index (χ2v) is 5.75. The van der Waals surface area contributed by atoms with E-state index in [1.165, 1.54) is 0 Å². The Bertz CT molecular complexity index is 711. The van der Waals surface area contributed by atoms with Crippen molar-refractivity contribution in [3.63, 3.8) is 0 Å². The molecule has 0 fully saturated rings. The first kappa shape index (κ1) is 14.4. The van der Waals surface area contributed by atoms with Crippen LogP contribution < -0.4 is 10.6 Å². The quantitative estimate of drug-likeness (QED) is 0.892. The van der Waals surface area contributed by atoms with Gasteiger partial charge in [-0.25, -0.2) is 0 Å². The lowest BCUT2D eigenvalue weighted by atomic mass is 10.1.